The van der Waals surface area contributed by atoms with E-state index in [1.54, 1.807) is 0 Å². The molecule has 4 heteroatoms. The van der Waals surface area contributed by atoms with Crippen molar-refractivity contribution in [2.24, 2.45) is 0 Å². The quantitative estimate of drug-likeness (QED) is 0.147. The average molecular weight is 1190 g/mol. The minimum Gasteiger partial charge on any atom is -0.311 e. The summed E-state index contributed by atoms with van der Waals surface area (Å²) in [5.74, 6) is 0. The van der Waals surface area contributed by atoms with Crippen LogP contribution < -0.4 is 26.2 Å². The van der Waals surface area contributed by atoms with Gasteiger partial charge in [0.15, 0.2) is 0 Å². The Hall–Kier alpha value is -9.12. The average Bonchev–Trinajstić information content (AvgIpc) is 0.906. The van der Waals surface area contributed by atoms with Gasteiger partial charge in [-0.05, 0) is 200 Å². The lowest BCUT2D eigenvalue weighted by Crippen LogP contribution is -2.61. The maximum Gasteiger partial charge on any atom is 0.252 e. The molecule has 2 aliphatic carbocycles. The number of para-hydroxylation sites is 2. The van der Waals surface area contributed by atoms with Crippen molar-refractivity contribution in [1.29, 1.82) is 0 Å². The van der Waals surface area contributed by atoms with Gasteiger partial charge in [0.05, 0.1) is 16.7 Å². The molecule has 2 aliphatic heterocycles. The Bertz CT molecular complexity index is 4700. The summed E-state index contributed by atoms with van der Waals surface area (Å²) in [4.78, 5) is 5.24. The number of benzene rings is 11. The van der Waals surface area contributed by atoms with Gasteiger partial charge in [0, 0.05) is 44.9 Å². The molecule has 0 amide bonds. The topological polar surface area (TPSA) is 11.4 Å². The lowest BCUT2D eigenvalue weighted by molar-refractivity contribution is 0.402. The van der Waals surface area contributed by atoms with E-state index in [0.29, 0.717) is 0 Å². The largest absolute Gasteiger partial charge is 0.311 e. The van der Waals surface area contributed by atoms with Crippen molar-refractivity contribution in [3.63, 3.8) is 0 Å². The first kappa shape index (κ1) is 58.0. The Morgan fingerprint density at radius 3 is 1.08 bits per heavy atom. The van der Waals surface area contributed by atoms with Gasteiger partial charge in [-0.25, -0.2) is 0 Å². The van der Waals surface area contributed by atoms with Crippen LogP contribution in [0.2, 0.25) is 0 Å². The van der Waals surface area contributed by atoms with Gasteiger partial charge in [0.2, 0.25) is 0 Å². The van der Waals surface area contributed by atoms with Crippen molar-refractivity contribution >= 4 is 79.0 Å². The molecule has 0 saturated heterocycles. The third-order valence-corrected chi connectivity index (χ3v) is 21.7. The number of nitrogens with zero attached hydrogens (tertiary/aromatic N) is 3. The first-order valence-corrected chi connectivity index (χ1v) is 33.6. The Morgan fingerprint density at radius 2 is 0.663 bits per heavy atom. The van der Waals surface area contributed by atoms with Gasteiger partial charge in [-0.1, -0.05) is 267 Å². The summed E-state index contributed by atoms with van der Waals surface area (Å²) in [6.45, 7) is 33.1. The second-order valence-corrected chi connectivity index (χ2v) is 32.1. The van der Waals surface area contributed by atoms with Gasteiger partial charge < -0.3 is 14.4 Å². The normalized spacial score (nSPS) is 16.3. The predicted octanol–water partition coefficient (Wildman–Crippen LogP) is 22.0. The summed E-state index contributed by atoms with van der Waals surface area (Å²) in [5, 5.41) is 2.48. The molecule has 4 aliphatic rings. The number of rotatable bonds is 7. The monoisotopic (exact) mass is 1190 g/mol. The van der Waals surface area contributed by atoms with E-state index in [1.807, 2.05) is 0 Å². The molecule has 0 spiro atoms. The van der Waals surface area contributed by atoms with Crippen LogP contribution in [0, 0.1) is 0 Å². The summed E-state index contributed by atoms with van der Waals surface area (Å²) in [7, 11) is 0. The molecule has 0 radical (unpaired) electrons. The molecular weight excluding hydrogens is 1110 g/mol. The second kappa shape index (κ2) is 20.2. The maximum atomic E-state index is 2.62. The highest BCUT2D eigenvalue weighted by molar-refractivity contribution is 7.00. The molecule has 0 bridgehead atoms. The van der Waals surface area contributed by atoms with E-state index in [9.17, 15) is 0 Å². The van der Waals surface area contributed by atoms with Crippen molar-refractivity contribution < 1.29 is 0 Å². The first-order valence-electron chi connectivity index (χ1n) is 33.6. The fraction of sp³-hybridized carbons (Fsp3) is 0.250. The highest BCUT2D eigenvalue weighted by Gasteiger charge is 2.46. The maximum absolute atomic E-state index is 2.62. The van der Waals surface area contributed by atoms with Gasteiger partial charge in [-0.15, -0.1) is 0 Å². The van der Waals surface area contributed by atoms with Gasteiger partial charge in [-0.2, -0.15) is 0 Å². The van der Waals surface area contributed by atoms with Crippen molar-refractivity contribution in [3.05, 3.63) is 264 Å². The molecule has 0 atom stereocenters. The molecule has 1 aromatic heterocycles. The third-order valence-electron chi connectivity index (χ3n) is 21.7. The number of hydrogen-bond donors (Lipinski definition) is 0. The highest BCUT2D eigenvalue weighted by atomic mass is 15.2. The van der Waals surface area contributed by atoms with Crippen LogP contribution in [0.1, 0.15) is 143 Å². The molecule has 0 unspecified atom stereocenters. The lowest BCUT2D eigenvalue weighted by atomic mass is 9.33. The zero-order valence-corrected chi connectivity index (χ0v) is 56.3. The predicted molar refractivity (Wildman–Crippen MR) is 395 cm³/mol. The molecule has 0 fully saturated rings. The van der Waals surface area contributed by atoms with Gasteiger partial charge in [-0.3, -0.25) is 0 Å². The van der Waals surface area contributed by atoms with Crippen molar-refractivity contribution in [2.75, 3.05) is 9.80 Å². The summed E-state index contributed by atoms with van der Waals surface area (Å²) in [5.41, 5.74) is 33.1. The molecule has 0 saturated carbocycles. The molecule has 3 heterocycles. The van der Waals surface area contributed by atoms with Crippen molar-refractivity contribution in [3.8, 4) is 50.2 Å². The minimum absolute atomic E-state index is 0.0115. The Morgan fingerprint density at radius 1 is 0.304 bits per heavy atom. The van der Waals surface area contributed by atoms with Gasteiger partial charge in [0.1, 0.15) is 0 Å². The molecule has 12 aromatic rings. The Kier molecular flexibility index (Phi) is 12.7. The van der Waals surface area contributed by atoms with E-state index >= 15 is 0 Å². The summed E-state index contributed by atoms with van der Waals surface area (Å²) < 4.78 is 2.53. The zero-order valence-electron chi connectivity index (χ0n) is 56.3. The molecule has 0 N–H and O–H groups in total. The lowest BCUT2D eigenvalue weighted by Gasteiger charge is -2.44. The van der Waals surface area contributed by atoms with Crippen LogP contribution in [0.15, 0.2) is 231 Å². The third kappa shape index (κ3) is 9.20. The van der Waals surface area contributed by atoms with Crippen LogP contribution in [0.4, 0.5) is 34.1 Å². The van der Waals surface area contributed by atoms with Crippen LogP contribution in [-0.4, -0.2) is 11.3 Å². The molecule has 11 aromatic carbocycles. The van der Waals surface area contributed by atoms with Crippen LogP contribution in [0.5, 0.6) is 0 Å². The molecule has 454 valence electrons. The molecular formula is C88H84BN3. The summed E-state index contributed by atoms with van der Waals surface area (Å²) in [6, 6.07) is 89.8. The van der Waals surface area contributed by atoms with Crippen LogP contribution >= 0.6 is 0 Å². The molecule has 3 nitrogen and oxygen atoms in total. The standard InChI is InChI=1S/C88H84BN3/c1-83(2,3)63-23-19-21-57(45-63)61-35-43-74-78(49-61)90(65-37-29-55(30-38-65)59-33-41-70-72(47-59)87(11,12)53-85(70,7)8)80-51-67(92-76-27-17-15-25-68(76)69-26-16-18-28-77(69)92)52-81-82(80)89(74)75-44-36-62(58-22-20-24-64(46-58)84(4,5)6)50-79(75)91(81)66-39-31-56(32-40-66)60-34-42-71-73(48-60)88(13,14)54-86(71,9)10/h15-52H,53-54H2,1-14H3. The van der Waals surface area contributed by atoms with E-state index in [2.05, 4.69) is 342 Å². The zero-order chi connectivity index (χ0) is 63.8. The van der Waals surface area contributed by atoms with E-state index < -0.39 is 0 Å². The van der Waals surface area contributed by atoms with Crippen molar-refractivity contribution in [2.45, 2.75) is 142 Å². The second-order valence-electron chi connectivity index (χ2n) is 32.1. The Labute approximate surface area is 546 Å². The number of fused-ring (bicyclic) bond motifs is 9. The van der Waals surface area contributed by atoms with Crippen LogP contribution in [-0.2, 0) is 32.5 Å². The first-order chi connectivity index (χ1) is 43.8. The minimum atomic E-state index is -0.105. The SMILES string of the molecule is CC(C)(C)c1cccc(-c2ccc3c(c2)N(c2ccc(-c4ccc5c(c4)C(C)(C)CC5(C)C)cc2)c2cc(-n4c5ccccc5c5ccccc54)cc4c2B3c2ccc(-c3cccc(C(C)(C)C)c3)cc2N4c2ccc(-c3ccc4c(c3)C(C)(C)CC4(C)C)cc2)c1. The number of anilines is 6. The molecule has 92 heavy (non-hydrogen) atoms. The van der Waals surface area contributed by atoms with Crippen LogP contribution in [0.3, 0.4) is 0 Å². The van der Waals surface area contributed by atoms with Gasteiger partial charge in [0.25, 0.3) is 6.71 Å². The smallest absolute Gasteiger partial charge is 0.252 e. The summed E-state index contributed by atoms with van der Waals surface area (Å²) in [6.07, 6.45) is 2.28. The van der Waals surface area contributed by atoms with E-state index in [1.165, 1.54) is 139 Å². The van der Waals surface area contributed by atoms with E-state index in [-0.39, 0.29) is 39.2 Å². The molecule has 16 rings (SSSR count). The number of aromatic nitrogens is 1. The summed E-state index contributed by atoms with van der Waals surface area (Å²) >= 11 is 0. The highest BCUT2D eigenvalue weighted by Crippen LogP contribution is 2.53. The van der Waals surface area contributed by atoms with Crippen LogP contribution in [0.25, 0.3) is 72.0 Å². The van der Waals surface area contributed by atoms with Crippen molar-refractivity contribution in [1.82, 2.24) is 4.57 Å². The fourth-order valence-corrected chi connectivity index (χ4v) is 17.5. The van der Waals surface area contributed by atoms with E-state index in [4.69, 9.17) is 0 Å². The number of hydrogen-bond acceptors (Lipinski definition) is 2. The van der Waals surface area contributed by atoms with Gasteiger partial charge >= 0.3 is 0 Å². The Balaban J connectivity index is 0.968. The van der Waals surface area contributed by atoms with E-state index in [0.717, 1.165) is 29.9 Å². The fourth-order valence-electron chi connectivity index (χ4n) is 17.5.